The molecule has 0 atom stereocenters. The Hall–Kier alpha value is -0.870. The third-order valence-electron chi connectivity index (χ3n) is 3.17. The van der Waals surface area contributed by atoms with Crippen molar-refractivity contribution >= 4 is 21.8 Å². The Morgan fingerprint density at radius 1 is 1.35 bits per heavy atom. The minimum Gasteiger partial charge on any atom is -0.335 e. The van der Waals surface area contributed by atoms with Crippen LogP contribution in [0.4, 0.5) is 0 Å². The Morgan fingerprint density at radius 2 is 2.00 bits per heavy atom. The van der Waals surface area contributed by atoms with Crippen molar-refractivity contribution in [1.82, 2.24) is 9.80 Å². The molecule has 0 spiro atoms. The highest BCUT2D eigenvalue weighted by Crippen LogP contribution is 2.20. The number of amides is 1. The van der Waals surface area contributed by atoms with Crippen molar-refractivity contribution in [2.24, 2.45) is 0 Å². The van der Waals surface area contributed by atoms with Gasteiger partial charge < -0.3 is 9.80 Å². The average molecular weight is 297 g/mol. The highest BCUT2D eigenvalue weighted by atomic mass is 79.9. The molecule has 4 heteroatoms. The van der Waals surface area contributed by atoms with Crippen LogP contribution >= 0.6 is 15.9 Å². The van der Waals surface area contributed by atoms with E-state index in [-0.39, 0.29) is 5.91 Å². The molecule has 1 aromatic carbocycles. The van der Waals surface area contributed by atoms with Crippen LogP contribution in [0.5, 0.6) is 0 Å². The zero-order chi connectivity index (χ0) is 12.6. The lowest BCUT2D eigenvalue weighted by molar-refractivity contribution is 0.0399. The van der Waals surface area contributed by atoms with Crippen LogP contribution in [0.1, 0.15) is 15.9 Å². The van der Waals surface area contributed by atoms with Gasteiger partial charge in [-0.1, -0.05) is 15.9 Å². The SMILES string of the molecule is Cc1cc(Br)cc(C(=O)N2CC(N(C)C)C2)c1. The fourth-order valence-electron chi connectivity index (χ4n) is 1.99. The van der Waals surface area contributed by atoms with Crippen LogP contribution in [0, 0.1) is 6.92 Å². The van der Waals surface area contributed by atoms with E-state index < -0.39 is 0 Å². The van der Waals surface area contributed by atoms with Gasteiger partial charge in [0.1, 0.15) is 0 Å². The molecule has 0 aromatic heterocycles. The Balaban J connectivity index is 2.06. The number of benzene rings is 1. The summed E-state index contributed by atoms with van der Waals surface area (Å²) >= 11 is 3.43. The first-order valence-electron chi connectivity index (χ1n) is 5.70. The number of hydrogen-bond donors (Lipinski definition) is 0. The zero-order valence-corrected chi connectivity index (χ0v) is 12.0. The van der Waals surface area contributed by atoms with Crippen LogP contribution in [0.25, 0.3) is 0 Å². The van der Waals surface area contributed by atoms with Crippen molar-refractivity contribution in [2.45, 2.75) is 13.0 Å². The number of carbonyl (C=O) groups is 1. The molecule has 1 saturated heterocycles. The second kappa shape index (κ2) is 4.78. The lowest BCUT2D eigenvalue weighted by Crippen LogP contribution is -2.59. The molecule has 0 radical (unpaired) electrons. The van der Waals surface area contributed by atoms with E-state index >= 15 is 0 Å². The molecule has 1 aliphatic heterocycles. The first-order chi connectivity index (χ1) is 7.97. The van der Waals surface area contributed by atoms with Crippen molar-refractivity contribution in [3.05, 3.63) is 33.8 Å². The molecule has 0 N–H and O–H groups in total. The molecule has 17 heavy (non-hydrogen) atoms. The third-order valence-corrected chi connectivity index (χ3v) is 3.63. The normalized spacial score (nSPS) is 16.2. The average Bonchev–Trinajstić information content (AvgIpc) is 2.12. The molecular formula is C13H17BrN2O. The van der Waals surface area contributed by atoms with E-state index in [1.54, 1.807) is 0 Å². The first kappa shape index (κ1) is 12.6. The number of carbonyl (C=O) groups excluding carboxylic acids is 1. The van der Waals surface area contributed by atoms with Crippen molar-refractivity contribution < 1.29 is 4.79 Å². The van der Waals surface area contributed by atoms with Crippen LogP contribution in [0.3, 0.4) is 0 Å². The lowest BCUT2D eigenvalue weighted by Gasteiger charge is -2.42. The first-order valence-corrected chi connectivity index (χ1v) is 6.49. The maximum absolute atomic E-state index is 12.2. The summed E-state index contributed by atoms with van der Waals surface area (Å²) in [6.45, 7) is 3.66. The largest absolute Gasteiger partial charge is 0.335 e. The maximum atomic E-state index is 12.2. The maximum Gasteiger partial charge on any atom is 0.254 e. The fraction of sp³-hybridized carbons (Fsp3) is 0.462. The fourth-order valence-corrected chi connectivity index (χ4v) is 2.60. The van der Waals surface area contributed by atoms with E-state index in [0.29, 0.717) is 6.04 Å². The van der Waals surface area contributed by atoms with Gasteiger partial charge in [0.25, 0.3) is 5.91 Å². The molecule has 0 aliphatic carbocycles. The Morgan fingerprint density at radius 3 is 2.53 bits per heavy atom. The summed E-state index contributed by atoms with van der Waals surface area (Å²) in [4.78, 5) is 16.2. The predicted octanol–water partition coefficient (Wildman–Crippen LogP) is 2.14. The number of halogens is 1. The van der Waals surface area contributed by atoms with Crippen LogP contribution in [-0.4, -0.2) is 48.9 Å². The molecule has 0 bridgehead atoms. The number of aryl methyl sites for hydroxylation is 1. The van der Waals surface area contributed by atoms with Crippen molar-refractivity contribution in [1.29, 1.82) is 0 Å². The number of rotatable bonds is 2. The van der Waals surface area contributed by atoms with E-state index in [1.165, 1.54) is 0 Å². The van der Waals surface area contributed by atoms with E-state index in [4.69, 9.17) is 0 Å². The lowest BCUT2D eigenvalue weighted by atomic mass is 10.0. The standard InChI is InChI=1S/C13H17BrN2O/c1-9-4-10(6-11(14)5-9)13(17)16-7-12(8-16)15(2)3/h4-6,12H,7-8H2,1-3H3. The van der Waals surface area contributed by atoms with Crippen LogP contribution in [-0.2, 0) is 0 Å². The molecule has 1 aliphatic rings. The van der Waals surface area contributed by atoms with Gasteiger partial charge in [0.15, 0.2) is 0 Å². The van der Waals surface area contributed by atoms with Gasteiger partial charge in [0, 0.05) is 29.2 Å². The summed E-state index contributed by atoms with van der Waals surface area (Å²) in [6.07, 6.45) is 0. The van der Waals surface area contributed by atoms with Crippen LogP contribution in [0.15, 0.2) is 22.7 Å². The van der Waals surface area contributed by atoms with Crippen LogP contribution < -0.4 is 0 Å². The highest BCUT2D eigenvalue weighted by Gasteiger charge is 2.32. The predicted molar refractivity (Wildman–Crippen MR) is 72.3 cm³/mol. The van der Waals surface area contributed by atoms with Gasteiger partial charge >= 0.3 is 0 Å². The number of hydrogen-bond acceptors (Lipinski definition) is 2. The Kier molecular flexibility index (Phi) is 3.54. The van der Waals surface area contributed by atoms with Gasteiger partial charge in [-0.2, -0.15) is 0 Å². The minimum atomic E-state index is 0.132. The Labute approximate surface area is 111 Å². The number of likely N-dealkylation sites (tertiary alicyclic amines) is 1. The van der Waals surface area contributed by atoms with E-state index in [9.17, 15) is 4.79 Å². The Bertz CT molecular complexity index is 419. The molecule has 92 valence electrons. The van der Waals surface area contributed by atoms with Gasteiger partial charge in [-0.15, -0.1) is 0 Å². The number of nitrogens with zero attached hydrogens (tertiary/aromatic N) is 2. The summed E-state index contributed by atoms with van der Waals surface area (Å²) in [6, 6.07) is 6.34. The monoisotopic (exact) mass is 296 g/mol. The van der Waals surface area contributed by atoms with Gasteiger partial charge in [-0.05, 0) is 44.8 Å². The van der Waals surface area contributed by atoms with Gasteiger partial charge in [-0.25, -0.2) is 0 Å². The molecule has 3 nitrogen and oxygen atoms in total. The molecule has 2 rings (SSSR count). The second-order valence-corrected chi connectivity index (χ2v) is 5.76. The smallest absolute Gasteiger partial charge is 0.254 e. The molecule has 0 unspecified atom stereocenters. The summed E-state index contributed by atoms with van der Waals surface area (Å²) in [5, 5.41) is 0. The second-order valence-electron chi connectivity index (χ2n) is 4.84. The molecule has 1 heterocycles. The van der Waals surface area contributed by atoms with E-state index in [0.717, 1.165) is 28.7 Å². The topological polar surface area (TPSA) is 23.6 Å². The van der Waals surface area contributed by atoms with Gasteiger partial charge in [0.05, 0.1) is 0 Å². The summed E-state index contributed by atoms with van der Waals surface area (Å²) in [5.74, 6) is 0.132. The molecular weight excluding hydrogens is 280 g/mol. The summed E-state index contributed by atoms with van der Waals surface area (Å²) in [5.41, 5.74) is 1.88. The van der Waals surface area contributed by atoms with Crippen molar-refractivity contribution in [2.75, 3.05) is 27.2 Å². The minimum absolute atomic E-state index is 0.132. The highest BCUT2D eigenvalue weighted by molar-refractivity contribution is 9.10. The summed E-state index contributed by atoms with van der Waals surface area (Å²) < 4.78 is 0.963. The quantitative estimate of drug-likeness (QED) is 0.835. The third kappa shape index (κ3) is 2.69. The number of likely N-dealkylation sites (N-methyl/N-ethyl adjacent to an activating group) is 1. The van der Waals surface area contributed by atoms with Crippen molar-refractivity contribution in [3.8, 4) is 0 Å². The van der Waals surface area contributed by atoms with Crippen molar-refractivity contribution in [3.63, 3.8) is 0 Å². The zero-order valence-electron chi connectivity index (χ0n) is 10.4. The molecule has 1 aromatic rings. The van der Waals surface area contributed by atoms with Crippen LogP contribution in [0.2, 0.25) is 0 Å². The van der Waals surface area contributed by atoms with E-state index in [2.05, 4.69) is 34.9 Å². The van der Waals surface area contributed by atoms with E-state index in [1.807, 2.05) is 30.0 Å². The molecule has 1 fully saturated rings. The molecule has 0 saturated carbocycles. The molecule has 1 amide bonds. The summed E-state index contributed by atoms with van der Waals surface area (Å²) in [7, 11) is 4.10. The van der Waals surface area contributed by atoms with Gasteiger partial charge in [-0.3, -0.25) is 4.79 Å². The van der Waals surface area contributed by atoms with Gasteiger partial charge in [0.2, 0.25) is 0 Å².